The summed E-state index contributed by atoms with van der Waals surface area (Å²) in [5.41, 5.74) is -0.249. The lowest BCUT2D eigenvalue weighted by molar-refractivity contribution is -0.140. The van der Waals surface area contributed by atoms with Gasteiger partial charge in [-0.3, -0.25) is 0 Å². The van der Waals surface area contributed by atoms with Gasteiger partial charge in [0.25, 0.3) is 0 Å². The number of allylic oxidation sites excluding steroid dienone is 2. The van der Waals surface area contributed by atoms with E-state index in [2.05, 4.69) is 11.3 Å². The minimum Gasteiger partial charge on any atom is -0.478 e. The van der Waals surface area contributed by atoms with Crippen molar-refractivity contribution < 1.29 is 34.4 Å². The smallest absolute Gasteiger partial charge is 0.334 e. The number of carboxylic acids is 2. The van der Waals surface area contributed by atoms with Gasteiger partial charge in [-0.1, -0.05) is 18.7 Å². The molecule has 0 aliphatic carbocycles. The number of aliphatic hydroxyl groups is 1. The molecular weight excluding hydrogens is 280 g/mol. The second-order valence-corrected chi connectivity index (χ2v) is 4.22. The van der Waals surface area contributed by atoms with E-state index in [0.717, 1.165) is 0 Å². The van der Waals surface area contributed by atoms with E-state index in [4.69, 9.17) is 15.3 Å². The maximum absolute atomic E-state index is 11.7. The minimum absolute atomic E-state index is 0.0643. The lowest BCUT2D eigenvalue weighted by atomic mass is 9.95. The van der Waals surface area contributed by atoms with Crippen molar-refractivity contribution in [2.45, 2.75) is 13.8 Å². The monoisotopic (exact) mass is 298 g/mol. The molecule has 0 saturated heterocycles. The summed E-state index contributed by atoms with van der Waals surface area (Å²) in [6, 6.07) is 0. The molecule has 7 nitrogen and oxygen atoms in total. The summed E-state index contributed by atoms with van der Waals surface area (Å²) in [6.07, 6.45) is 2.41. The van der Waals surface area contributed by atoms with Crippen molar-refractivity contribution in [2.75, 3.05) is 13.2 Å². The van der Waals surface area contributed by atoms with Gasteiger partial charge in [0.15, 0.2) is 0 Å². The Bertz CT molecular complexity index is 469. The number of carbonyl (C=O) groups is 3. The molecular formula is C14H18O7. The van der Waals surface area contributed by atoms with Crippen LogP contribution < -0.4 is 0 Å². The summed E-state index contributed by atoms with van der Waals surface area (Å²) in [7, 11) is 0. The Labute approximate surface area is 121 Å². The highest BCUT2D eigenvalue weighted by Crippen LogP contribution is 2.19. The third kappa shape index (κ3) is 6.53. The Hall–Kier alpha value is -2.41. The van der Waals surface area contributed by atoms with Crippen LogP contribution in [0, 0.1) is 5.92 Å². The maximum atomic E-state index is 11.7. The zero-order chi connectivity index (χ0) is 16.6. The number of rotatable bonds is 8. The Morgan fingerprint density at radius 2 is 1.52 bits per heavy atom. The third-order valence-electron chi connectivity index (χ3n) is 2.52. The van der Waals surface area contributed by atoms with Crippen molar-refractivity contribution >= 4 is 17.9 Å². The van der Waals surface area contributed by atoms with Crippen LogP contribution in [0.4, 0.5) is 0 Å². The molecule has 0 radical (unpaired) electrons. The zero-order valence-electron chi connectivity index (χ0n) is 11.8. The second kappa shape index (κ2) is 8.70. The molecule has 0 rings (SSSR count). The molecule has 0 spiro atoms. The van der Waals surface area contributed by atoms with E-state index in [9.17, 15) is 14.4 Å². The van der Waals surface area contributed by atoms with E-state index in [-0.39, 0.29) is 29.9 Å². The van der Waals surface area contributed by atoms with E-state index in [1.807, 2.05) is 0 Å². The summed E-state index contributed by atoms with van der Waals surface area (Å²) >= 11 is 0. The summed E-state index contributed by atoms with van der Waals surface area (Å²) < 4.78 is 4.68. The van der Waals surface area contributed by atoms with Crippen LogP contribution in [0.5, 0.6) is 0 Å². The molecule has 7 heteroatoms. The van der Waals surface area contributed by atoms with Crippen molar-refractivity contribution in [3.63, 3.8) is 0 Å². The molecule has 0 aromatic heterocycles. The van der Waals surface area contributed by atoms with Gasteiger partial charge in [0.05, 0.1) is 6.61 Å². The number of carbonyl (C=O) groups excluding carboxylic acids is 1. The number of esters is 1. The predicted molar refractivity (Wildman–Crippen MR) is 73.5 cm³/mol. The molecule has 21 heavy (non-hydrogen) atoms. The van der Waals surface area contributed by atoms with Crippen molar-refractivity contribution in [2.24, 2.45) is 5.92 Å². The van der Waals surface area contributed by atoms with Gasteiger partial charge < -0.3 is 20.1 Å². The number of aliphatic hydroxyl groups excluding tert-OH is 1. The van der Waals surface area contributed by atoms with Crippen LogP contribution in [-0.4, -0.2) is 46.4 Å². The molecule has 0 saturated carbocycles. The van der Waals surface area contributed by atoms with Crippen LogP contribution in [0.15, 0.2) is 35.5 Å². The average Bonchev–Trinajstić information content (AvgIpc) is 2.42. The summed E-state index contributed by atoms with van der Waals surface area (Å²) in [5, 5.41) is 26.3. The van der Waals surface area contributed by atoms with Gasteiger partial charge >= 0.3 is 17.9 Å². The molecule has 0 fully saturated rings. The highest BCUT2D eigenvalue weighted by Gasteiger charge is 2.19. The van der Waals surface area contributed by atoms with Crippen LogP contribution in [0.1, 0.15) is 13.8 Å². The van der Waals surface area contributed by atoms with Gasteiger partial charge in [-0.05, 0) is 13.8 Å². The zero-order valence-corrected chi connectivity index (χ0v) is 11.8. The first-order chi connectivity index (χ1) is 9.70. The highest BCUT2D eigenvalue weighted by molar-refractivity contribution is 5.92. The SMILES string of the molecule is C=C(C(=O)OCCO)C(C=C(C)C(=O)O)C=C(C)C(=O)O. The largest absolute Gasteiger partial charge is 0.478 e. The quantitative estimate of drug-likeness (QED) is 0.446. The molecule has 0 aromatic carbocycles. The van der Waals surface area contributed by atoms with E-state index in [1.54, 1.807) is 0 Å². The fraction of sp³-hybridized carbons (Fsp3) is 0.357. The summed E-state index contributed by atoms with van der Waals surface area (Å²) in [5.74, 6) is -4.16. The first-order valence-corrected chi connectivity index (χ1v) is 6.00. The molecule has 0 unspecified atom stereocenters. The van der Waals surface area contributed by atoms with Crippen molar-refractivity contribution in [3.05, 3.63) is 35.5 Å². The Morgan fingerprint density at radius 1 is 1.10 bits per heavy atom. The minimum atomic E-state index is -1.20. The van der Waals surface area contributed by atoms with Gasteiger partial charge in [-0.2, -0.15) is 0 Å². The molecule has 0 aliphatic heterocycles. The molecule has 3 N–H and O–H groups in total. The molecule has 0 aromatic rings. The number of ether oxygens (including phenoxy) is 1. The Balaban J connectivity index is 5.41. The molecule has 0 amide bonds. The second-order valence-electron chi connectivity index (χ2n) is 4.22. The van der Waals surface area contributed by atoms with Crippen LogP contribution in [0.3, 0.4) is 0 Å². The van der Waals surface area contributed by atoms with Crippen molar-refractivity contribution in [1.29, 1.82) is 0 Å². The van der Waals surface area contributed by atoms with E-state index < -0.39 is 23.8 Å². The van der Waals surface area contributed by atoms with E-state index in [1.165, 1.54) is 26.0 Å². The topological polar surface area (TPSA) is 121 Å². The lowest BCUT2D eigenvalue weighted by Gasteiger charge is -2.13. The van der Waals surface area contributed by atoms with Crippen LogP contribution in [0.25, 0.3) is 0 Å². The van der Waals surface area contributed by atoms with Crippen LogP contribution in [-0.2, 0) is 19.1 Å². The predicted octanol–water partition coefficient (Wildman–Crippen LogP) is 0.756. The van der Waals surface area contributed by atoms with Gasteiger partial charge in [-0.15, -0.1) is 0 Å². The fourth-order valence-corrected chi connectivity index (χ4v) is 1.30. The average molecular weight is 298 g/mol. The standard InChI is InChI=1S/C14H18O7/c1-8(12(16)17)6-11(7-9(2)13(18)19)10(3)14(20)21-5-4-15/h6-7,11,15H,3-5H2,1-2H3,(H,16,17)(H,18,19). The first kappa shape index (κ1) is 18.6. The van der Waals surface area contributed by atoms with E-state index in [0.29, 0.717) is 0 Å². The Kier molecular flexibility index (Phi) is 7.70. The third-order valence-corrected chi connectivity index (χ3v) is 2.52. The number of hydrogen-bond acceptors (Lipinski definition) is 5. The molecule has 116 valence electrons. The van der Waals surface area contributed by atoms with Gasteiger partial charge in [0.1, 0.15) is 6.61 Å². The van der Waals surface area contributed by atoms with Gasteiger partial charge in [-0.25, -0.2) is 14.4 Å². The number of aliphatic carboxylic acids is 2. The van der Waals surface area contributed by atoms with Gasteiger partial charge in [0.2, 0.25) is 0 Å². The fourth-order valence-electron chi connectivity index (χ4n) is 1.30. The van der Waals surface area contributed by atoms with Crippen molar-refractivity contribution in [1.82, 2.24) is 0 Å². The normalized spacial score (nSPS) is 13.5. The number of carboxylic acid groups (broad SMARTS) is 2. The Morgan fingerprint density at radius 3 is 1.86 bits per heavy atom. The van der Waals surface area contributed by atoms with Gasteiger partial charge in [0, 0.05) is 22.6 Å². The summed E-state index contributed by atoms with van der Waals surface area (Å²) in [6.45, 7) is 5.53. The molecule has 0 aliphatic rings. The summed E-state index contributed by atoms with van der Waals surface area (Å²) in [4.78, 5) is 33.3. The van der Waals surface area contributed by atoms with Crippen LogP contribution in [0.2, 0.25) is 0 Å². The number of hydrogen-bond donors (Lipinski definition) is 3. The molecule has 0 bridgehead atoms. The lowest BCUT2D eigenvalue weighted by Crippen LogP contribution is -2.16. The van der Waals surface area contributed by atoms with Crippen LogP contribution >= 0.6 is 0 Å². The first-order valence-electron chi connectivity index (χ1n) is 6.00. The highest BCUT2D eigenvalue weighted by atomic mass is 16.5. The maximum Gasteiger partial charge on any atom is 0.334 e. The van der Waals surface area contributed by atoms with E-state index >= 15 is 0 Å². The van der Waals surface area contributed by atoms with Crippen molar-refractivity contribution in [3.8, 4) is 0 Å². The molecule has 0 heterocycles. The molecule has 0 atom stereocenters.